The molecule has 3 heteroatoms. The van der Waals surface area contributed by atoms with Crippen molar-refractivity contribution in [2.24, 2.45) is 0 Å². The van der Waals surface area contributed by atoms with Crippen molar-refractivity contribution in [1.82, 2.24) is 14.1 Å². The zero-order valence-electron chi connectivity index (χ0n) is 10.8. The zero-order chi connectivity index (χ0) is 12.5. The largest absolute Gasteiger partial charge is 0.341 e. The molecule has 3 nitrogen and oxygen atoms in total. The minimum Gasteiger partial charge on any atom is -0.341 e. The predicted octanol–water partition coefficient (Wildman–Crippen LogP) is 3.21. The summed E-state index contributed by atoms with van der Waals surface area (Å²) in [5, 5.41) is 1.29. The van der Waals surface area contributed by atoms with E-state index in [-0.39, 0.29) is 0 Å². The van der Waals surface area contributed by atoms with E-state index in [4.69, 9.17) is 0 Å². The maximum Gasteiger partial charge on any atom is 0.0948 e. The molecule has 3 rings (SSSR count). The first-order valence-electron chi connectivity index (χ1n) is 6.32. The van der Waals surface area contributed by atoms with E-state index in [1.807, 2.05) is 12.5 Å². The smallest absolute Gasteiger partial charge is 0.0948 e. The van der Waals surface area contributed by atoms with Crippen LogP contribution in [0.25, 0.3) is 10.9 Å². The van der Waals surface area contributed by atoms with Gasteiger partial charge in [0.1, 0.15) is 0 Å². The summed E-state index contributed by atoms with van der Waals surface area (Å²) in [4.78, 5) is 4.22. The first-order valence-corrected chi connectivity index (χ1v) is 6.32. The first kappa shape index (κ1) is 11.1. The van der Waals surface area contributed by atoms with Gasteiger partial charge in [-0.1, -0.05) is 12.1 Å². The molecule has 0 bridgehead atoms. The molecule has 0 aliphatic carbocycles. The van der Waals surface area contributed by atoms with Crippen molar-refractivity contribution in [3.05, 3.63) is 54.2 Å². The average Bonchev–Trinajstić information content (AvgIpc) is 2.97. The summed E-state index contributed by atoms with van der Waals surface area (Å²) in [5.74, 6) is 0. The fraction of sp³-hybridized carbons (Fsp3) is 0.267. The van der Waals surface area contributed by atoms with Crippen molar-refractivity contribution < 1.29 is 0 Å². The summed E-state index contributed by atoms with van der Waals surface area (Å²) in [6, 6.07) is 8.74. The van der Waals surface area contributed by atoms with Crippen LogP contribution in [0.3, 0.4) is 0 Å². The van der Waals surface area contributed by atoms with Crippen molar-refractivity contribution in [2.75, 3.05) is 0 Å². The number of rotatable bonds is 3. The summed E-state index contributed by atoms with van der Waals surface area (Å²) in [6.07, 6.45) is 5.99. The van der Waals surface area contributed by atoms with Gasteiger partial charge in [-0.3, -0.25) is 0 Å². The molecule has 0 aliphatic rings. The summed E-state index contributed by atoms with van der Waals surface area (Å²) >= 11 is 0. The number of benzene rings is 1. The third kappa shape index (κ3) is 1.82. The Bertz CT molecular complexity index is 676. The van der Waals surface area contributed by atoms with E-state index < -0.39 is 0 Å². The van der Waals surface area contributed by atoms with Crippen LogP contribution >= 0.6 is 0 Å². The standard InChI is InChI=1S/C15H17N3/c1-3-17-11-16-9-14(17)10-18-7-6-13-5-4-12(2)8-15(13)18/h4-9,11H,3,10H2,1-2H3. The lowest BCUT2D eigenvalue weighted by Crippen LogP contribution is -2.05. The lowest BCUT2D eigenvalue weighted by Gasteiger charge is -2.08. The number of aromatic nitrogens is 3. The summed E-state index contributed by atoms with van der Waals surface area (Å²) in [6.45, 7) is 6.12. The van der Waals surface area contributed by atoms with Gasteiger partial charge < -0.3 is 9.13 Å². The van der Waals surface area contributed by atoms with Gasteiger partial charge in [-0.15, -0.1) is 0 Å². The second-order valence-electron chi connectivity index (χ2n) is 4.68. The molecule has 2 aromatic heterocycles. The summed E-state index contributed by atoms with van der Waals surface area (Å²) in [7, 11) is 0. The third-order valence-electron chi connectivity index (χ3n) is 3.40. The van der Waals surface area contributed by atoms with Crippen LogP contribution in [-0.4, -0.2) is 14.1 Å². The van der Waals surface area contributed by atoms with Crippen LogP contribution in [0.15, 0.2) is 43.0 Å². The van der Waals surface area contributed by atoms with E-state index in [1.54, 1.807) is 0 Å². The number of aryl methyl sites for hydroxylation is 2. The van der Waals surface area contributed by atoms with Gasteiger partial charge in [0.25, 0.3) is 0 Å². The van der Waals surface area contributed by atoms with Crippen molar-refractivity contribution >= 4 is 10.9 Å². The van der Waals surface area contributed by atoms with E-state index in [0.29, 0.717) is 0 Å². The molecule has 0 fully saturated rings. The molecule has 0 saturated carbocycles. The Labute approximate surface area is 107 Å². The van der Waals surface area contributed by atoms with Crippen LogP contribution in [0, 0.1) is 6.92 Å². The molecule has 18 heavy (non-hydrogen) atoms. The topological polar surface area (TPSA) is 22.8 Å². The quantitative estimate of drug-likeness (QED) is 0.688. The Morgan fingerprint density at radius 1 is 1.17 bits per heavy atom. The van der Waals surface area contributed by atoms with Gasteiger partial charge in [0, 0.05) is 24.5 Å². The monoisotopic (exact) mass is 239 g/mol. The lowest BCUT2D eigenvalue weighted by molar-refractivity contribution is 0.679. The van der Waals surface area contributed by atoms with Crippen molar-refractivity contribution in [2.45, 2.75) is 26.9 Å². The highest BCUT2D eigenvalue weighted by atomic mass is 15.1. The van der Waals surface area contributed by atoms with Crippen LogP contribution in [0.2, 0.25) is 0 Å². The molecular weight excluding hydrogens is 222 g/mol. The third-order valence-corrected chi connectivity index (χ3v) is 3.40. The van der Waals surface area contributed by atoms with Gasteiger partial charge in [0.05, 0.1) is 18.6 Å². The summed E-state index contributed by atoms with van der Waals surface area (Å²) < 4.78 is 4.47. The van der Waals surface area contributed by atoms with Crippen LogP contribution in [-0.2, 0) is 13.1 Å². The minimum absolute atomic E-state index is 0.876. The van der Waals surface area contributed by atoms with Gasteiger partial charge in [-0.05, 0) is 36.9 Å². The van der Waals surface area contributed by atoms with Crippen molar-refractivity contribution in [3.63, 3.8) is 0 Å². The Balaban J connectivity index is 2.02. The van der Waals surface area contributed by atoms with E-state index in [9.17, 15) is 0 Å². The second kappa shape index (κ2) is 4.33. The van der Waals surface area contributed by atoms with E-state index >= 15 is 0 Å². The average molecular weight is 239 g/mol. The second-order valence-corrected chi connectivity index (χ2v) is 4.68. The van der Waals surface area contributed by atoms with Gasteiger partial charge >= 0.3 is 0 Å². The molecule has 0 amide bonds. The number of fused-ring (bicyclic) bond motifs is 1. The Kier molecular flexibility index (Phi) is 2.67. The van der Waals surface area contributed by atoms with Crippen LogP contribution < -0.4 is 0 Å². The molecule has 3 aromatic rings. The highest BCUT2D eigenvalue weighted by molar-refractivity contribution is 5.80. The lowest BCUT2D eigenvalue weighted by atomic mass is 10.2. The molecule has 0 radical (unpaired) electrons. The highest BCUT2D eigenvalue weighted by Crippen LogP contribution is 2.18. The van der Waals surface area contributed by atoms with E-state index in [1.165, 1.54) is 22.2 Å². The zero-order valence-corrected chi connectivity index (χ0v) is 10.8. The molecule has 92 valence electrons. The molecule has 1 aromatic carbocycles. The molecule has 0 saturated heterocycles. The van der Waals surface area contributed by atoms with E-state index in [0.717, 1.165) is 13.1 Å². The molecule has 0 aliphatic heterocycles. The van der Waals surface area contributed by atoms with Gasteiger partial charge in [-0.25, -0.2) is 4.98 Å². The van der Waals surface area contributed by atoms with Crippen LogP contribution in [0.4, 0.5) is 0 Å². The maximum atomic E-state index is 4.22. The summed E-state index contributed by atoms with van der Waals surface area (Å²) in [5.41, 5.74) is 3.84. The van der Waals surface area contributed by atoms with Crippen molar-refractivity contribution in [1.29, 1.82) is 0 Å². The fourth-order valence-electron chi connectivity index (χ4n) is 2.37. The molecule has 0 N–H and O–H groups in total. The predicted molar refractivity (Wildman–Crippen MR) is 73.7 cm³/mol. The van der Waals surface area contributed by atoms with E-state index in [2.05, 4.69) is 58.4 Å². The normalized spacial score (nSPS) is 11.2. The number of nitrogens with zero attached hydrogens (tertiary/aromatic N) is 3. The Morgan fingerprint density at radius 3 is 2.89 bits per heavy atom. The van der Waals surface area contributed by atoms with Crippen LogP contribution in [0.1, 0.15) is 18.2 Å². The van der Waals surface area contributed by atoms with Crippen molar-refractivity contribution in [3.8, 4) is 0 Å². The fourth-order valence-corrected chi connectivity index (χ4v) is 2.37. The van der Waals surface area contributed by atoms with Gasteiger partial charge in [-0.2, -0.15) is 0 Å². The Hall–Kier alpha value is -2.03. The SMILES string of the molecule is CCn1cncc1Cn1ccc2ccc(C)cc21. The molecule has 0 atom stereocenters. The number of imidazole rings is 1. The number of hydrogen-bond donors (Lipinski definition) is 0. The first-order chi connectivity index (χ1) is 8.78. The number of hydrogen-bond acceptors (Lipinski definition) is 1. The van der Waals surface area contributed by atoms with Crippen LogP contribution in [0.5, 0.6) is 0 Å². The van der Waals surface area contributed by atoms with Gasteiger partial charge in [0.2, 0.25) is 0 Å². The van der Waals surface area contributed by atoms with Gasteiger partial charge in [0.15, 0.2) is 0 Å². The molecule has 0 spiro atoms. The molecule has 2 heterocycles. The highest BCUT2D eigenvalue weighted by Gasteiger charge is 2.05. The Morgan fingerprint density at radius 2 is 2.06 bits per heavy atom. The molecular formula is C15H17N3. The molecule has 0 unspecified atom stereocenters. The maximum absolute atomic E-state index is 4.22. The minimum atomic E-state index is 0.876.